The molecule has 2 aliphatic rings. The maximum atomic E-state index is 12.1. The van der Waals surface area contributed by atoms with Gasteiger partial charge in [-0.1, -0.05) is 0 Å². The molecule has 0 saturated carbocycles. The van der Waals surface area contributed by atoms with Crippen LogP contribution in [-0.4, -0.2) is 66.6 Å². The number of nitrogens with zero attached hydrogens (tertiary/aromatic N) is 3. The number of carbonyl (C=O) groups is 1. The van der Waals surface area contributed by atoms with Crippen molar-refractivity contribution in [2.75, 3.05) is 50.7 Å². The minimum absolute atomic E-state index is 0.283. The number of benzene rings is 1. The van der Waals surface area contributed by atoms with Gasteiger partial charge in [0, 0.05) is 45.0 Å². The third-order valence-corrected chi connectivity index (χ3v) is 4.40. The largest absolute Gasteiger partial charge is 0.508 e. The van der Waals surface area contributed by atoms with E-state index in [9.17, 15) is 9.90 Å². The lowest BCUT2D eigenvalue weighted by Crippen LogP contribution is -2.49. The van der Waals surface area contributed by atoms with Gasteiger partial charge in [-0.3, -0.25) is 9.69 Å². The van der Waals surface area contributed by atoms with E-state index in [0.717, 1.165) is 57.8 Å². The van der Waals surface area contributed by atoms with Gasteiger partial charge in [-0.2, -0.15) is 0 Å². The van der Waals surface area contributed by atoms with Crippen LogP contribution in [0.5, 0.6) is 5.75 Å². The summed E-state index contributed by atoms with van der Waals surface area (Å²) in [7, 11) is 0. The minimum Gasteiger partial charge on any atom is -0.508 e. The van der Waals surface area contributed by atoms with Gasteiger partial charge in [-0.25, -0.2) is 0 Å². The SMILES string of the molecule is O=C(CN1CCN(c2ccc(O)cc2)CC1)N1CCCC1. The molecule has 5 nitrogen and oxygen atoms in total. The molecule has 2 saturated heterocycles. The number of hydrogen-bond donors (Lipinski definition) is 1. The average Bonchev–Trinajstić information content (AvgIpc) is 3.03. The summed E-state index contributed by atoms with van der Waals surface area (Å²) in [6.07, 6.45) is 2.31. The van der Waals surface area contributed by atoms with Crippen molar-refractivity contribution in [1.82, 2.24) is 9.80 Å². The summed E-state index contributed by atoms with van der Waals surface area (Å²) in [6, 6.07) is 7.33. The van der Waals surface area contributed by atoms with E-state index < -0.39 is 0 Å². The highest BCUT2D eigenvalue weighted by atomic mass is 16.3. The van der Waals surface area contributed by atoms with E-state index in [1.807, 2.05) is 17.0 Å². The van der Waals surface area contributed by atoms with Crippen LogP contribution in [0.2, 0.25) is 0 Å². The Kier molecular flexibility index (Phi) is 4.29. The predicted molar refractivity (Wildman–Crippen MR) is 82.6 cm³/mol. The number of piperazine rings is 1. The number of hydrogen-bond acceptors (Lipinski definition) is 4. The third-order valence-electron chi connectivity index (χ3n) is 4.40. The number of amides is 1. The number of anilines is 1. The Morgan fingerprint density at radius 1 is 0.952 bits per heavy atom. The molecule has 0 atom stereocenters. The summed E-state index contributed by atoms with van der Waals surface area (Å²) in [6.45, 7) is 6.12. The van der Waals surface area contributed by atoms with E-state index in [0.29, 0.717) is 12.3 Å². The minimum atomic E-state index is 0.283. The molecule has 1 aromatic carbocycles. The lowest BCUT2D eigenvalue weighted by Gasteiger charge is -2.36. The molecule has 2 fully saturated rings. The Morgan fingerprint density at radius 3 is 2.19 bits per heavy atom. The van der Waals surface area contributed by atoms with E-state index >= 15 is 0 Å². The van der Waals surface area contributed by atoms with Crippen molar-refractivity contribution >= 4 is 11.6 Å². The highest BCUT2D eigenvalue weighted by Crippen LogP contribution is 2.19. The van der Waals surface area contributed by atoms with Crippen LogP contribution in [0.4, 0.5) is 5.69 Å². The number of rotatable bonds is 3. The van der Waals surface area contributed by atoms with Crippen LogP contribution >= 0.6 is 0 Å². The van der Waals surface area contributed by atoms with Crippen molar-refractivity contribution in [2.45, 2.75) is 12.8 Å². The molecule has 0 bridgehead atoms. The van der Waals surface area contributed by atoms with E-state index in [1.165, 1.54) is 0 Å². The first-order valence-electron chi connectivity index (χ1n) is 7.76. The summed E-state index contributed by atoms with van der Waals surface area (Å²) in [4.78, 5) is 18.7. The van der Waals surface area contributed by atoms with Gasteiger partial charge in [0.2, 0.25) is 5.91 Å². The molecule has 21 heavy (non-hydrogen) atoms. The van der Waals surface area contributed by atoms with Crippen LogP contribution in [0.3, 0.4) is 0 Å². The van der Waals surface area contributed by atoms with E-state index in [4.69, 9.17) is 0 Å². The van der Waals surface area contributed by atoms with Gasteiger partial charge in [0.05, 0.1) is 6.54 Å². The Balaban J connectivity index is 1.48. The fourth-order valence-corrected chi connectivity index (χ4v) is 3.09. The van der Waals surface area contributed by atoms with Crippen LogP contribution in [0.1, 0.15) is 12.8 Å². The molecular weight excluding hydrogens is 266 g/mol. The summed E-state index contributed by atoms with van der Waals surface area (Å²) < 4.78 is 0. The summed E-state index contributed by atoms with van der Waals surface area (Å²) in [5.74, 6) is 0.583. The number of phenolic OH excluding ortho intramolecular Hbond substituents is 1. The van der Waals surface area contributed by atoms with Crippen molar-refractivity contribution in [3.05, 3.63) is 24.3 Å². The van der Waals surface area contributed by atoms with Crippen molar-refractivity contribution in [2.24, 2.45) is 0 Å². The molecule has 0 spiro atoms. The van der Waals surface area contributed by atoms with Crippen LogP contribution in [-0.2, 0) is 4.79 Å². The Labute approximate surface area is 125 Å². The second-order valence-electron chi connectivity index (χ2n) is 5.87. The zero-order valence-corrected chi connectivity index (χ0v) is 12.4. The molecule has 2 aliphatic heterocycles. The Bertz CT molecular complexity index is 475. The van der Waals surface area contributed by atoms with Gasteiger partial charge in [-0.05, 0) is 37.1 Å². The summed E-state index contributed by atoms with van der Waals surface area (Å²) in [5, 5.41) is 9.33. The molecule has 1 N–H and O–H groups in total. The van der Waals surface area contributed by atoms with Gasteiger partial charge >= 0.3 is 0 Å². The zero-order chi connectivity index (χ0) is 14.7. The van der Waals surface area contributed by atoms with Crippen LogP contribution in [0.25, 0.3) is 0 Å². The molecule has 3 rings (SSSR count). The lowest BCUT2D eigenvalue weighted by molar-refractivity contribution is -0.131. The second kappa shape index (κ2) is 6.35. The standard InChI is InChI=1S/C16H23N3O2/c20-15-5-3-14(4-6-15)18-11-9-17(10-12-18)13-16(21)19-7-1-2-8-19/h3-6,20H,1-2,7-13H2. The van der Waals surface area contributed by atoms with Crippen LogP contribution in [0, 0.1) is 0 Å². The molecule has 1 amide bonds. The second-order valence-corrected chi connectivity index (χ2v) is 5.87. The van der Waals surface area contributed by atoms with Crippen molar-refractivity contribution in [3.63, 3.8) is 0 Å². The van der Waals surface area contributed by atoms with E-state index in [1.54, 1.807) is 12.1 Å². The van der Waals surface area contributed by atoms with Crippen LogP contribution in [0.15, 0.2) is 24.3 Å². The first-order valence-corrected chi connectivity index (χ1v) is 7.76. The first-order chi connectivity index (χ1) is 10.2. The number of aromatic hydroxyl groups is 1. The highest BCUT2D eigenvalue weighted by Gasteiger charge is 2.23. The Morgan fingerprint density at radius 2 is 1.57 bits per heavy atom. The van der Waals surface area contributed by atoms with Crippen molar-refractivity contribution in [3.8, 4) is 5.75 Å². The fourth-order valence-electron chi connectivity index (χ4n) is 3.09. The maximum absolute atomic E-state index is 12.1. The predicted octanol–water partition coefficient (Wildman–Crippen LogP) is 1.14. The highest BCUT2D eigenvalue weighted by molar-refractivity contribution is 5.78. The molecule has 2 heterocycles. The maximum Gasteiger partial charge on any atom is 0.236 e. The number of phenols is 1. The quantitative estimate of drug-likeness (QED) is 0.906. The van der Waals surface area contributed by atoms with E-state index in [2.05, 4.69) is 9.80 Å². The zero-order valence-electron chi connectivity index (χ0n) is 12.4. The van der Waals surface area contributed by atoms with Gasteiger partial charge in [-0.15, -0.1) is 0 Å². The molecule has 5 heteroatoms. The third kappa shape index (κ3) is 3.47. The molecular formula is C16H23N3O2. The van der Waals surface area contributed by atoms with Gasteiger partial charge in [0.15, 0.2) is 0 Å². The topological polar surface area (TPSA) is 47.0 Å². The van der Waals surface area contributed by atoms with Gasteiger partial charge in [0.1, 0.15) is 5.75 Å². The Hall–Kier alpha value is -1.75. The molecule has 0 unspecified atom stereocenters. The van der Waals surface area contributed by atoms with Gasteiger partial charge < -0.3 is 14.9 Å². The van der Waals surface area contributed by atoms with Crippen molar-refractivity contribution in [1.29, 1.82) is 0 Å². The van der Waals surface area contributed by atoms with Crippen molar-refractivity contribution < 1.29 is 9.90 Å². The molecule has 114 valence electrons. The van der Waals surface area contributed by atoms with Gasteiger partial charge in [0.25, 0.3) is 0 Å². The normalized spacial score (nSPS) is 20.0. The number of likely N-dealkylation sites (tertiary alicyclic amines) is 1. The first kappa shape index (κ1) is 14.2. The smallest absolute Gasteiger partial charge is 0.236 e. The molecule has 0 radical (unpaired) electrons. The average molecular weight is 289 g/mol. The molecule has 0 aliphatic carbocycles. The van der Waals surface area contributed by atoms with E-state index in [-0.39, 0.29) is 5.91 Å². The summed E-state index contributed by atoms with van der Waals surface area (Å²) in [5.41, 5.74) is 1.14. The number of carbonyl (C=O) groups excluding carboxylic acids is 1. The lowest BCUT2D eigenvalue weighted by atomic mass is 10.2. The fraction of sp³-hybridized carbons (Fsp3) is 0.562. The molecule has 0 aromatic heterocycles. The van der Waals surface area contributed by atoms with Crippen LogP contribution < -0.4 is 4.90 Å². The monoisotopic (exact) mass is 289 g/mol. The molecule has 1 aromatic rings. The summed E-state index contributed by atoms with van der Waals surface area (Å²) >= 11 is 0.